The van der Waals surface area contributed by atoms with E-state index in [2.05, 4.69) is 13.5 Å². The number of hydrogen-bond donors (Lipinski definition) is 0. The first kappa shape index (κ1) is 20.2. The predicted molar refractivity (Wildman–Crippen MR) is 95.5 cm³/mol. The molecule has 0 radical (unpaired) electrons. The minimum absolute atomic E-state index is 0.0107. The fourth-order valence-corrected chi connectivity index (χ4v) is 3.10. The van der Waals surface area contributed by atoms with Gasteiger partial charge in [-0.15, -0.1) is 0 Å². The molecule has 3 heteroatoms. The molecule has 134 valence electrons. The van der Waals surface area contributed by atoms with Crippen molar-refractivity contribution in [2.24, 2.45) is 0 Å². The lowest BCUT2D eigenvalue weighted by Crippen LogP contribution is -2.30. The van der Waals surface area contributed by atoms with Gasteiger partial charge in [0.2, 0.25) is 0 Å². The van der Waals surface area contributed by atoms with E-state index in [1.807, 2.05) is 0 Å². The molecule has 0 aromatic heterocycles. The van der Waals surface area contributed by atoms with Gasteiger partial charge in [0.25, 0.3) is 0 Å². The van der Waals surface area contributed by atoms with Crippen LogP contribution >= 0.6 is 0 Å². The van der Waals surface area contributed by atoms with Gasteiger partial charge in [-0.05, 0) is 32.6 Å². The third-order valence-electron chi connectivity index (χ3n) is 4.55. The molecule has 0 bridgehead atoms. The van der Waals surface area contributed by atoms with Crippen molar-refractivity contribution >= 4 is 5.97 Å². The zero-order valence-electron chi connectivity index (χ0n) is 15.3. The molecule has 0 aromatic carbocycles. The van der Waals surface area contributed by atoms with Crippen molar-refractivity contribution in [3.8, 4) is 0 Å². The van der Waals surface area contributed by atoms with E-state index in [-0.39, 0.29) is 18.2 Å². The first-order valence-corrected chi connectivity index (χ1v) is 9.61. The first-order chi connectivity index (χ1) is 11.1. The van der Waals surface area contributed by atoms with E-state index in [1.165, 1.54) is 44.9 Å². The topological polar surface area (TPSA) is 35.5 Å². The summed E-state index contributed by atoms with van der Waals surface area (Å²) in [6.07, 6.45) is 14.8. The number of ether oxygens (including phenoxy) is 2. The molecule has 2 unspecified atom stereocenters. The quantitative estimate of drug-likeness (QED) is 0.267. The maximum atomic E-state index is 11.6. The summed E-state index contributed by atoms with van der Waals surface area (Å²) in [5.74, 6) is -0.265. The van der Waals surface area contributed by atoms with E-state index in [0.717, 1.165) is 38.7 Å². The second-order valence-electron chi connectivity index (χ2n) is 6.94. The van der Waals surface area contributed by atoms with E-state index in [4.69, 9.17) is 9.47 Å². The van der Waals surface area contributed by atoms with Gasteiger partial charge in [0.1, 0.15) is 6.10 Å². The van der Waals surface area contributed by atoms with Gasteiger partial charge in [0.05, 0.1) is 6.10 Å². The minimum Gasteiger partial charge on any atom is -0.459 e. The molecule has 1 aliphatic rings. The van der Waals surface area contributed by atoms with Crippen LogP contribution in [0.2, 0.25) is 0 Å². The molecule has 0 spiro atoms. The Morgan fingerprint density at radius 2 is 1.61 bits per heavy atom. The van der Waals surface area contributed by atoms with Crippen LogP contribution in [0, 0.1) is 0 Å². The van der Waals surface area contributed by atoms with E-state index in [1.54, 1.807) is 6.92 Å². The van der Waals surface area contributed by atoms with Gasteiger partial charge < -0.3 is 9.47 Å². The van der Waals surface area contributed by atoms with Gasteiger partial charge >= 0.3 is 5.97 Å². The lowest BCUT2D eigenvalue weighted by atomic mass is 9.95. The molecule has 23 heavy (non-hydrogen) atoms. The molecule has 3 nitrogen and oxygen atoms in total. The van der Waals surface area contributed by atoms with E-state index in [9.17, 15) is 4.79 Å². The molecule has 0 N–H and O–H groups in total. The Bertz CT molecular complexity index is 338. The van der Waals surface area contributed by atoms with Crippen molar-refractivity contribution in [1.82, 2.24) is 0 Å². The van der Waals surface area contributed by atoms with Gasteiger partial charge in [-0.2, -0.15) is 0 Å². The summed E-state index contributed by atoms with van der Waals surface area (Å²) in [5, 5.41) is 0. The summed E-state index contributed by atoms with van der Waals surface area (Å²) >= 11 is 0. The van der Waals surface area contributed by atoms with Crippen LogP contribution < -0.4 is 0 Å². The van der Waals surface area contributed by atoms with Crippen molar-refractivity contribution in [2.75, 3.05) is 6.61 Å². The molecule has 0 saturated heterocycles. The van der Waals surface area contributed by atoms with Crippen LogP contribution in [-0.4, -0.2) is 24.8 Å². The van der Waals surface area contributed by atoms with Crippen LogP contribution in [0.5, 0.6) is 0 Å². The molecule has 1 aliphatic carbocycles. The molecule has 0 aromatic rings. The Balaban J connectivity index is 2.02. The third kappa shape index (κ3) is 9.80. The molecule has 2 atom stereocenters. The Hall–Kier alpha value is -0.830. The van der Waals surface area contributed by atoms with Gasteiger partial charge in [-0.1, -0.05) is 58.4 Å². The summed E-state index contributed by atoms with van der Waals surface area (Å²) in [7, 11) is 0. The van der Waals surface area contributed by atoms with Gasteiger partial charge in [0.15, 0.2) is 0 Å². The zero-order valence-corrected chi connectivity index (χ0v) is 15.3. The van der Waals surface area contributed by atoms with Crippen molar-refractivity contribution in [1.29, 1.82) is 0 Å². The Morgan fingerprint density at radius 1 is 1.00 bits per heavy atom. The number of unbranched alkanes of at least 4 members (excludes halogenated alkanes) is 7. The van der Waals surface area contributed by atoms with Gasteiger partial charge in [-0.25, -0.2) is 4.79 Å². The highest BCUT2D eigenvalue weighted by molar-refractivity contribution is 5.87. The molecule has 1 fully saturated rings. The highest BCUT2D eigenvalue weighted by Crippen LogP contribution is 2.24. The first-order valence-electron chi connectivity index (χ1n) is 9.61. The smallest absolute Gasteiger partial charge is 0.333 e. The molecular weight excluding hydrogens is 288 g/mol. The highest BCUT2D eigenvalue weighted by atomic mass is 16.5. The second kappa shape index (κ2) is 12.6. The number of esters is 1. The van der Waals surface area contributed by atoms with Crippen molar-refractivity contribution in [3.05, 3.63) is 12.2 Å². The summed E-state index contributed by atoms with van der Waals surface area (Å²) in [6, 6.07) is 0. The van der Waals surface area contributed by atoms with Crippen molar-refractivity contribution in [2.45, 2.75) is 103 Å². The highest BCUT2D eigenvalue weighted by Gasteiger charge is 2.25. The second-order valence-corrected chi connectivity index (χ2v) is 6.94. The van der Waals surface area contributed by atoms with Crippen LogP contribution in [0.3, 0.4) is 0 Å². The number of carbonyl (C=O) groups is 1. The van der Waals surface area contributed by atoms with Crippen LogP contribution in [0.15, 0.2) is 12.2 Å². The molecular formula is C20H36O3. The molecule has 0 heterocycles. The van der Waals surface area contributed by atoms with Crippen molar-refractivity contribution < 1.29 is 14.3 Å². The number of rotatable bonds is 12. The Kier molecular flexibility index (Phi) is 11.1. The van der Waals surface area contributed by atoms with Crippen LogP contribution in [0.4, 0.5) is 0 Å². The molecule has 1 saturated carbocycles. The lowest BCUT2D eigenvalue weighted by molar-refractivity contribution is -0.148. The minimum atomic E-state index is -0.265. The maximum absolute atomic E-state index is 11.6. The molecule has 1 rings (SSSR count). The predicted octanol–water partition coefficient (Wildman–Crippen LogP) is 5.57. The summed E-state index contributed by atoms with van der Waals surface area (Å²) in [6.45, 7) is 8.44. The number of carbonyl (C=O) groups excluding carboxylic acids is 1. The van der Waals surface area contributed by atoms with Crippen LogP contribution in [0.25, 0.3) is 0 Å². The van der Waals surface area contributed by atoms with Gasteiger partial charge in [0, 0.05) is 18.6 Å². The largest absolute Gasteiger partial charge is 0.459 e. The van der Waals surface area contributed by atoms with Crippen molar-refractivity contribution in [3.63, 3.8) is 0 Å². The fraction of sp³-hybridized carbons (Fsp3) is 0.850. The monoisotopic (exact) mass is 324 g/mol. The van der Waals surface area contributed by atoms with Crippen LogP contribution in [0.1, 0.15) is 90.9 Å². The lowest BCUT2D eigenvalue weighted by Gasteiger charge is -2.29. The SMILES string of the molecule is C=C(C)C(=O)OC1CCCC(OCCCCCCCCCC)C1. The maximum Gasteiger partial charge on any atom is 0.333 e. The zero-order chi connectivity index (χ0) is 16.9. The van der Waals surface area contributed by atoms with E-state index in [0.29, 0.717) is 5.57 Å². The third-order valence-corrected chi connectivity index (χ3v) is 4.55. The average Bonchev–Trinajstić information content (AvgIpc) is 2.53. The standard InChI is InChI=1S/C20H36O3/c1-4-5-6-7-8-9-10-11-15-22-18-13-12-14-19(16-18)23-20(21)17(2)3/h18-19H,2,4-16H2,1,3H3. The summed E-state index contributed by atoms with van der Waals surface area (Å²) in [4.78, 5) is 11.6. The Labute approximate surface area is 142 Å². The van der Waals surface area contributed by atoms with E-state index >= 15 is 0 Å². The summed E-state index contributed by atoms with van der Waals surface area (Å²) < 4.78 is 11.4. The normalized spacial score (nSPS) is 21.1. The average molecular weight is 325 g/mol. The summed E-state index contributed by atoms with van der Waals surface area (Å²) in [5.41, 5.74) is 0.479. The Morgan fingerprint density at radius 3 is 2.26 bits per heavy atom. The number of hydrogen-bond acceptors (Lipinski definition) is 3. The molecule has 0 amide bonds. The molecule has 0 aliphatic heterocycles. The fourth-order valence-electron chi connectivity index (χ4n) is 3.10. The van der Waals surface area contributed by atoms with Crippen LogP contribution in [-0.2, 0) is 14.3 Å². The van der Waals surface area contributed by atoms with Gasteiger partial charge in [-0.3, -0.25) is 0 Å². The van der Waals surface area contributed by atoms with E-state index < -0.39 is 0 Å².